The van der Waals surface area contributed by atoms with Crippen LogP contribution in [-0.2, 0) is 5.75 Å². The first-order valence-corrected chi connectivity index (χ1v) is 8.45. The van der Waals surface area contributed by atoms with Crippen LogP contribution in [0.4, 0.5) is 10.3 Å². The van der Waals surface area contributed by atoms with Gasteiger partial charge >= 0.3 is 0 Å². The van der Waals surface area contributed by atoms with Crippen molar-refractivity contribution in [3.63, 3.8) is 0 Å². The molecule has 0 bridgehead atoms. The minimum absolute atomic E-state index is 0.232. The number of anilines is 1. The van der Waals surface area contributed by atoms with Crippen molar-refractivity contribution in [2.45, 2.75) is 5.75 Å². The third kappa shape index (κ3) is 3.69. The van der Waals surface area contributed by atoms with Gasteiger partial charge in [-0.25, -0.2) is 4.39 Å². The molecule has 0 saturated heterocycles. The van der Waals surface area contributed by atoms with Crippen LogP contribution in [0.15, 0.2) is 48.8 Å². The molecule has 130 valence electrons. The lowest BCUT2D eigenvalue weighted by Crippen LogP contribution is -2.04. The molecule has 3 aromatic rings. The summed E-state index contributed by atoms with van der Waals surface area (Å²) in [5.74, 6) is 1.96. The number of hydrogen-bond donors (Lipinski definition) is 1. The molecule has 0 atom stereocenters. The number of benzene rings is 2. The van der Waals surface area contributed by atoms with Gasteiger partial charge in [0.2, 0.25) is 5.95 Å². The second kappa shape index (κ2) is 7.89. The molecule has 0 fully saturated rings. The molecule has 0 aliphatic rings. The summed E-state index contributed by atoms with van der Waals surface area (Å²) in [6.45, 7) is 0. The van der Waals surface area contributed by atoms with Gasteiger partial charge in [-0.1, -0.05) is 24.3 Å². The number of para-hydroxylation sites is 1. The lowest BCUT2D eigenvalue weighted by molar-refractivity contribution is 0.391. The van der Waals surface area contributed by atoms with Crippen molar-refractivity contribution < 1.29 is 13.9 Å². The Morgan fingerprint density at radius 1 is 1.08 bits per heavy atom. The van der Waals surface area contributed by atoms with Gasteiger partial charge < -0.3 is 9.47 Å². The first kappa shape index (κ1) is 17.1. The molecule has 25 heavy (non-hydrogen) atoms. The summed E-state index contributed by atoms with van der Waals surface area (Å²) in [5.41, 5.74) is 1.30. The number of ether oxygens (including phenoxy) is 2. The number of nitrogens with zero attached hydrogens (tertiary/aromatic N) is 3. The van der Waals surface area contributed by atoms with Crippen molar-refractivity contribution in [2.24, 2.45) is 0 Å². The van der Waals surface area contributed by atoms with Gasteiger partial charge in [0.05, 0.1) is 14.2 Å². The van der Waals surface area contributed by atoms with Gasteiger partial charge in [-0.3, -0.25) is 9.29 Å². The summed E-state index contributed by atoms with van der Waals surface area (Å²) in [4.78, 5) is 0. The third-order valence-electron chi connectivity index (χ3n) is 3.54. The Kier molecular flexibility index (Phi) is 5.39. The fourth-order valence-corrected chi connectivity index (χ4v) is 3.06. The predicted octanol–water partition coefficient (Wildman–Crippen LogP) is 3.68. The molecule has 1 aromatic heterocycles. The molecule has 0 amide bonds. The lowest BCUT2D eigenvalue weighted by atomic mass is 10.2. The number of aromatic nitrogens is 3. The maximum atomic E-state index is 13.7. The van der Waals surface area contributed by atoms with E-state index in [1.807, 2.05) is 18.2 Å². The molecule has 0 aliphatic heterocycles. The van der Waals surface area contributed by atoms with Crippen LogP contribution in [0.3, 0.4) is 0 Å². The number of methoxy groups -OCH3 is 2. The predicted molar refractivity (Wildman–Crippen MR) is 95.8 cm³/mol. The van der Waals surface area contributed by atoms with Crippen LogP contribution < -0.4 is 14.2 Å². The molecule has 1 N–H and O–H groups in total. The van der Waals surface area contributed by atoms with E-state index in [1.165, 1.54) is 18.0 Å². The number of hydrogen-bond acceptors (Lipinski definition) is 6. The minimum atomic E-state index is -0.232. The van der Waals surface area contributed by atoms with Crippen molar-refractivity contribution in [2.75, 3.05) is 18.9 Å². The fraction of sp³-hybridized carbons (Fsp3) is 0.176. The number of nitrogens with one attached hydrogen (secondary N) is 1. The summed E-state index contributed by atoms with van der Waals surface area (Å²) in [7, 11) is 3.17. The smallest absolute Gasteiger partial charge is 0.239 e. The van der Waals surface area contributed by atoms with Crippen LogP contribution in [0.1, 0.15) is 5.56 Å². The Morgan fingerprint density at radius 2 is 1.80 bits per heavy atom. The van der Waals surface area contributed by atoms with E-state index in [-0.39, 0.29) is 5.82 Å². The zero-order valence-corrected chi connectivity index (χ0v) is 14.6. The van der Waals surface area contributed by atoms with E-state index in [0.717, 1.165) is 0 Å². The highest BCUT2D eigenvalue weighted by atomic mass is 32.2. The second-order valence-electron chi connectivity index (χ2n) is 5.02. The molecule has 0 radical (unpaired) electrons. The quantitative estimate of drug-likeness (QED) is 0.649. The summed E-state index contributed by atoms with van der Waals surface area (Å²) in [5, 5.41) is 8.02. The monoisotopic (exact) mass is 360 g/mol. The molecule has 3 rings (SSSR count). The minimum Gasteiger partial charge on any atom is -0.494 e. The fourth-order valence-electron chi connectivity index (χ4n) is 2.33. The van der Waals surface area contributed by atoms with Crippen molar-refractivity contribution in [1.82, 2.24) is 14.8 Å². The van der Waals surface area contributed by atoms with Crippen LogP contribution in [0, 0.1) is 5.82 Å². The molecule has 6 nitrogen and oxygen atoms in total. The molecule has 8 heteroatoms. The topological polar surface area (TPSA) is 61.2 Å². The highest BCUT2D eigenvalue weighted by Crippen LogP contribution is 2.34. The molecule has 2 aromatic carbocycles. The van der Waals surface area contributed by atoms with E-state index >= 15 is 0 Å². The Hall–Kier alpha value is -2.74. The Labute approximate surface area is 149 Å². The molecule has 0 aliphatic carbocycles. The van der Waals surface area contributed by atoms with Gasteiger partial charge in [-0.2, -0.15) is 0 Å². The Morgan fingerprint density at radius 3 is 2.48 bits per heavy atom. The normalized spacial score (nSPS) is 10.5. The SMILES string of the molecule is COc1cccc(OC)c1-n1cnnc1NSCc1ccccc1F. The van der Waals surface area contributed by atoms with Gasteiger partial charge in [0.25, 0.3) is 0 Å². The van der Waals surface area contributed by atoms with E-state index < -0.39 is 0 Å². The lowest BCUT2D eigenvalue weighted by Gasteiger charge is -2.15. The van der Waals surface area contributed by atoms with Crippen LogP contribution in [0.25, 0.3) is 5.69 Å². The second-order valence-corrected chi connectivity index (χ2v) is 5.80. The molecular weight excluding hydrogens is 343 g/mol. The summed E-state index contributed by atoms with van der Waals surface area (Å²) in [6, 6.07) is 12.2. The van der Waals surface area contributed by atoms with Gasteiger partial charge in [0, 0.05) is 5.75 Å². The van der Waals surface area contributed by atoms with Gasteiger partial charge in [-0.05, 0) is 35.7 Å². The van der Waals surface area contributed by atoms with Crippen molar-refractivity contribution in [3.8, 4) is 17.2 Å². The van der Waals surface area contributed by atoms with Crippen molar-refractivity contribution in [1.29, 1.82) is 0 Å². The molecule has 0 unspecified atom stereocenters. The average Bonchev–Trinajstić information content (AvgIpc) is 3.10. The highest BCUT2D eigenvalue weighted by molar-refractivity contribution is 7.99. The maximum absolute atomic E-state index is 13.7. The first-order valence-electron chi connectivity index (χ1n) is 7.47. The molecule has 0 spiro atoms. The third-order valence-corrected chi connectivity index (χ3v) is 4.32. The van der Waals surface area contributed by atoms with Crippen LogP contribution in [0.5, 0.6) is 11.5 Å². The molecular formula is C17H17FN4O2S. The van der Waals surface area contributed by atoms with Gasteiger partial charge in [-0.15, -0.1) is 10.2 Å². The van der Waals surface area contributed by atoms with Crippen LogP contribution in [-0.4, -0.2) is 29.0 Å². The zero-order chi connectivity index (χ0) is 17.6. The average molecular weight is 360 g/mol. The van der Waals surface area contributed by atoms with Crippen LogP contribution in [0.2, 0.25) is 0 Å². The summed E-state index contributed by atoms with van der Waals surface area (Å²) < 4.78 is 29.3. The summed E-state index contributed by atoms with van der Waals surface area (Å²) >= 11 is 1.32. The number of halogens is 1. The van der Waals surface area contributed by atoms with Gasteiger partial charge in [0.15, 0.2) is 0 Å². The van der Waals surface area contributed by atoms with E-state index in [4.69, 9.17) is 9.47 Å². The molecule has 0 saturated carbocycles. The molecule has 1 heterocycles. The number of rotatable bonds is 7. The van der Waals surface area contributed by atoms with E-state index in [2.05, 4.69) is 14.9 Å². The first-order chi connectivity index (χ1) is 12.2. The standard InChI is InChI=1S/C17H17FN4O2S/c1-23-14-8-5-9-15(24-2)16(14)22-11-19-20-17(22)21-25-10-12-6-3-4-7-13(12)18/h3-9,11H,10H2,1-2H3,(H,20,21). The summed E-state index contributed by atoms with van der Waals surface area (Å²) in [6.07, 6.45) is 1.56. The van der Waals surface area contributed by atoms with Gasteiger partial charge in [0.1, 0.15) is 29.3 Å². The van der Waals surface area contributed by atoms with E-state index in [1.54, 1.807) is 43.3 Å². The largest absolute Gasteiger partial charge is 0.494 e. The van der Waals surface area contributed by atoms with Crippen molar-refractivity contribution in [3.05, 3.63) is 60.2 Å². The van der Waals surface area contributed by atoms with Crippen LogP contribution >= 0.6 is 11.9 Å². The Balaban J connectivity index is 1.81. The van der Waals surface area contributed by atoms with E-state index in [9.17, 15) is 4.39 Å². The highest BCUT2D eigenvalue weighted by Gasteiger charge is 2.16. The zero-order valence-electron chi connectivity index (χ0n) is 13.8. The Bertz CT molecular complexity index is 834. The maximum Gasteiger partial charge on any atom is 0.239 e. The van der Waals surface area contributed by atoms with Crippen molar-refractivity contribution >= 4 is 17.9 Å². The van der Waals surface area contributed by atoms with E-state index in [0.29, 0.717) is 34.5 Å².